The lowest BCUT2D eigenvalue weighted by molar-refractivity contribution is -0.135. The zero-order valence-electron chi connectivity index (χ0n) is 17.2. The number of amides is 3. The number of nitrogens with one attached hydrogen (secondary N) is 2. The smallest absolute Gasteiger partial charge is 0.275 e. The molecule has 1 atom stereocenters. The first-order valence-corrected chi connectivity index (χ1v) is 9.59. The molecule has 2 N–H and O–H groups in total. The number of nitrogens with zero attached hydrogens (tertiary/aromatic N) is 3. The van der Waals surface area contributed by atoms with E-state index < -0.39 is 23.8 Å². The fourth-order valence-corrected chi connectivity index (χ4v) is 2.94. The Balaban J connectivity index is 2.17. The van der Waals surface area contributed by atoms with Gasteiger partial charge in [0.2, 0.25) is 0 Å². The van der Waals surface area contributed by atoms with E-state index in [1.807, 2.05) is 12.1 Å². The van der Waals surface area contributed by atoms with Crippen molar-refractivity contribution in [1.29, 1.82) is 0 Å². The number of benzene rings is 1. The summed E-state index contributed by atoms with van der Waals surface area (Å²) in [5.74, 6) is -2.28. The van der Waals surface area contributed by atoms with E-state index >= 15 is 0 Å². The lowest BCUT2D eigenvalue weighted by Gasteiger charge is -2.24. The number of likely N-dealkylation sites (N-methyl/N-ethyl adjacent to an activating group) is 2. The monoisotopic (exact) mass is 411 g/mol. The summed E-state index contributed by atoms with van der Waals surface area (Å²) in [5.41, 5.74) is 4.79. The van der Waals surface area contributed by atoms with Gasteiger partial charge >= 0.3 is 0 Å². The van der Waals surface area contributed by atoms with E-state index in [9.17, 15) is 19.3 Å². The lowest BCUT2D eigenvalue weighted by Crippen LogP contribution is -2.54. The van der Waals surface area contributed by atoms with Crippen LogP contribution in [0, 0.1) is 4.91 Å². The quantitative estimate of drug-likeness (QED) is 0.372. The molecule has 0 spiro atoms. The molecule has 0 aliphatic rings. The molecule has 1 heterocycles. The maximum absolute atomic E-state index is 12.8. The van der Waals surface area contributed by atoms with Gasteiger partial charge in [0.05, 0.1) is 5.29 Å². The summed E-state index contributed by atoms with van der Waals surface area (Å²) in [5, 5.41) is 4.58. The molecule has 0 aliphatic carbocycles. The normalized spacial score (nSPS) is 11.3. The summed E-state index contributed by atoms with van der Waals surface area (Å²) >= 11 is 0. The van der Waals surface area contributed by atoms with E-state index in [-0.39, 0.29) is 5.56 Å². The third-order valence-electron chi connectivity index (χ3n) is 4.68. The van der Waals surface area contributed by atoms with Gasteiger partial charge in [-0.1, -0.05) is 31.5 Å². The Morgan fingerprint density at radius 1 is 1.07 bits per heavy atom. The van der Waals surface area contributed by atoms with Crippen LogP contribution in [0.4, 0.5) is 0 Å². The van der Waals surface area contributed by atoms with Crippen LogP contribution in [-0.4, -0.2) is 47.7 Å². The maximum Gasteiger partial charge on any atom is 0.275 e. The van der Waals surface area contributed by atoms with Crippen LogP contribution in [0.15, 0.2) is 47.9 Å². The molecular weight excluding hydrogens is 386 g/mol. The van der Waals surface area contributed by atoms with Crippen molar-refractivity contribution in [1.82, 2.24) is 20.6 Å². The van der Waals surface area contributed by atoms with Gasteiger partial charge in [-0.15, -0.1) is 4.91 Å². The highest BCUT2D eigenvalue weighted by Gasteiger charge is 2.33. The minimum Gasteiger partial charge on any atom is -0.357 e. The van der Waals surface area contributed by atoms with E-state index in [2.05, 4.69) is 22.5 Å². The van der Waals surface area contributed by atoms with Crippen molar-refractivity contribution in [2.45, 2.75) is 32.2 Å². The van der Waals surface area contributed by atoms with Gasteiger partial charge in [-0.25, -0.2) is 5.43 Å². The molecule has 1 aromatic heterocycles. The van der Waals surface area contributed by atoms with Crippen LogP contribution in [0.1, 0.15) is 35.8 Å². The van der Waals surface area contributed by atoms with Crippen LogP contribution >= 0.6 is 0 Å². The SMILES string of the molecule is CCCCc1ccc(-c2ccc(C(=O)N(C)C(C(=O)NC)C(=O)NN=O)cc2)cn1. The van der Waals surface area contributed by atoms with Gasteiger partial charge in [0.1, 0.15) is 0 Å². The number of aryl methyl sites for hydroxylation is 1. The van der Waals surface area contributed by atoms with Gasteiger partial charge in [-0.05, 0) is 36.6 Å². The molecule has 0 saturated heterocycles. The molecular formula is C21H25N5O4. The zero-order chi connectivity index (χ0) is 22.1. The number of nitroso groups, excluding NO2 is 1. The number of hydrogen-bond acceptors (Lipinski definition) is 6. The Bertz CT molecular complexity index is 897. The minimum absolute atomic E-state index is 0.287. The van der Waals surface area contributed by atoms with Crippen LogP contribution in [-0.2, 0) is 16.0 Å². The predicted octanol–water partition coefficient (Wildman–Crippen LogP) is 2.08. The maximum atomic E-state index is 12.8. The lowest BCUT2D eigenvalue weighted by atomic mass is 10.0. The van der Waals surface area contributed by atoms with Gasteiger partial charge in [0.25, 0.3) is 17.7 Å². The first kappa shape index (κ1) is 22.7. The first-order chi connectivity index (χ1) is 14.4. The summed E-state index contributed by atoms with van der Waals surface area (Å²) in [6.45, 7) is 2.14. The number of unbranched alkanes of at least 4 members (excludes halogenated alkanes) is 1. The minimum atomic E-state index is -1.53. The molecule has 0 radical (unpaired) electrons. The van der Waals surface area contributed by atoms with Crippen LogP contribution in [0.5, 0.6) is 0 Å². The highest BCUT2D eigenvalue weighted by Crippen LogP contribution is 2.20. The van der Waals surface area contributed by atoms with E-state index in [4.69, 9.17) is 0 Å². The Hall–Kier alpha value is -3.62. The third kappa shape index (κ3) is 5.47. The van der Waals surface area contributed by atoms with Crippen LogP contribution in [0.25, 0.3) is 11.1 Å². The second-order valence-electron chi connectivity index (χ2n) is 6.72. The Morgan fingerprint density at radius 2 is 1.73 bits per heavy atom. The van der Waals surface area contributed by atoms with Gasteiger partial charge in [0.15, 0.2) is 6.04 Å². The number of aromatic nitrogens is 1. The van der Waals surface area contributed by atoms with Crippen LogP contribution < -0.4 is 10.7 Å². The summed E-state index contributed by atoms with van der Waals surface area (Å²) in [6, 6.07) is 9.20. The van der Waals surface area contributed by atoms with Gasteiger partial charge in [-0.3, -0.25) is 19.4 Å². The van der Waals surface area contributed by atoms with Crippen molar-refractivity contribution < 1.29 is 14.4 Å². The summed E-state index contributed by atoms with van der Waals surface area (Å²) in [4.78, 5) is 52.5. The van der Waals surface area contributed by atoms with E-state index in [1.54, 1.807) is 35.9 Å². The van der Waals surface area contributed by atoms with Crippen molar-refractivity contribution >= 4 is 17.7 Å². The second-order valence-corrected chi connectivity index (χ2v) is 6.72. The number of carbonyl (C=O) groups excluding carboxylic acids is 3. The molecule has 2 aromatic rings. The fraction of sp³-hybridized carbons (Fsp3) is 0.333. The molecule has 0 aliphatic heterocycles. The number of pyridine rings is 1. The highest BCUT2D eigenvalue weighted by atomic mass is 16.3. The predicted molar refractivity (Wildman–Crippen MR) is 112 cm³/mol. The largest absolute Gasteiger partial charge is 0.357 e. The van der Waals surface area contributed by atoms with Crippen molar-refractivity contribution in [3.05, 3.63) is 58.8 Å². The molecule has 1 unspecified atom stereocenters. The number of carbonyl (C=O) groups is 3. The summed E-state index contributed by atoms with van der Waals surface area (Å²) in [6.07, 6.45) is 4.94. The Kier molecular flexibility index (Phi) is 8.16. The molecule has 9 nitrogen and oxygen atoms in total. The molecule has 158 valence electrons. The Labute approximate surface area is 174 Å². The number of rotatable bonds is 9. The average molecular weight is 411 g/mol. The molecule has 0 saturated carbocycles. The highest BCUT2D eigenvalue weighted by molar-refractivity contribution is 6.08. The van der Waals surface area contributed by atoms with Crippen molar-refractivity contribution in [2.24, 2.45) is 5.29 Å². The van der Waals surface area contributed by atoms with E-state index in [1.165, 1.54) is 14.1 Å². The fourth-order valence-electron chi connectivity index (χ4n) is 2.94. The first-order valence-electron chi connectivity index (χ1n) is 9.59. The van der Waals surface area contributed by atoms with Crippen molar-refractivity contribution in [3.63, 3.8) is 0 Å². The van der Waals surface area contributed by atoms with Gasteiger partial charge in [-0.2, -0.15) is 0 Å². The average Bonchev–Trinajstić information content (AvgIpc) is 2.77. The van der Waals surface area contributed by atoms with Gasteiger partial charge < -0.3 is 10.2 Å². The standard InChI is InChI=1S/C21H25N5O4/c1-4-5-6-17-12-11-16(13-23-17)14-7-9-15(10-8-14)21(29)26(3)18(19(27)22-2)20(28)24-25-30/h7-13,18H,4-6H2,1-3H3,(H,22,27)(H,24,28,30). The van der Waals surface area contributed by atoms with E-state index in [0.717, 1.165) is 41.0 Å². The molecule has 1 aromatic carbocycles. The topological polar surface area (TPSA) is 121 Å². The second kappa shape index (κ2) is 10.8. The van der Waals surface area contributed by atoms with E-state index in [0.29, 0.717) is 0 Å². The molecule has 30 heavy (non-hydrogen) atoms. The zero-order valence-corrected chi connectivity index (χ0v) is 17.2. The number of hydrogen-bond donors (Lipinski definition) is 2. The molecule has 2 rings (SSSR count). The van der Waals surface area contributed by atoms with Crippen LogP contribution in [0.2, 0.25) is 0 Å². The molecule has 9 heteroatoms. The molecule has 0 bridgehead atoms. The summed E-state index contributed by atoms with van der Waals surface area (Å²) < 4.78 is 0. The van der Waals surface area contributed by atoms with Crippen molar-refractivity contribution in [3.8, 4) is 11.1 Å². The van der Waals surface area contributed by atoms with Gasteiger partial charge in [0, 0.05) is 37.1 Å². The third-order valence-corrected chi connectivity index (χ3v) is 4.68. The van der Waals surface area contributed by atoms with Crippen LogP contribution in [0.3, 0.4) is 0 Å². The van der Waals surface area contributed by atoms with Crippen molar-refractivity contribution in [2.75, 3.05) is 14.1 Å². The molecule has 3 amide bonds. The molecule has 0 fully saturated rings. The Morgan fingerprint density at radius 3 is 2.27 bits per heavy atom. The summed E-state index contributed by atoms with van der Waals surface area (Å²) in [7, 11) is 2.63.